The van der Waals surface area contributed by atoms with E-state index < -0.39 is 0 Å². The van der Waals surface area contributed by atoms with Crippen LogP contribution >= 0.6 is 0 Å². The summed E-state index contributed by atoms with van der Waals surface area (Å²) in [6.07, 6.45) is 1.67. The van der Waals surface area contributed by atoms with Crippen molar-refractivity contribution in [1.29, 1.82) is 0 Å². The van der Waals surface area contributed by atoms with Crippen LogP contribution in [-0.4, -0.2) is 0 Å². The van der Waals surface area contributed by atoms with Crippen LogP contribution in [0.1, 0.15) is 5.56 Å². The Labute approximate surface area is 77.0 Å². The summed E-state index contributed by atoms with van der Waals surface area (Å²) in [5, 5.41) is 0. The van der Waals surface area contributed by atoms with Gasteiger partial charge in [0.05, 0.1) is 6.26 Å². The maximum Gasteiger partial charge on any atom is 0.138 e. The SMILES string of the molecule is NCc1ccoc1-c1ccccc1. The summed E-state index contributed by atoms with van der Waals surface area (Å²) in [6, 6.07) is 11.9. The average molecular weight is 173 g/mol. The normalized spacial score (nSPS) is 10.2. The van der Waals surface area contributed by atoms with Gasteiger partial charge in [-0.25, -0.2) is 0 Å². The van der Waals surface area contributed by atoms with E-state index in [1.165, 1.54) is 0 Å². The van der Waals surface area contributed by atoms with Gasteiger partial charge in [-0.2, -0.15) is 0 Å². The molecule has 2 N–H and O–H groups in total. The molecule has 1 aromatic carbocycles. The van der Waals surface area contributed by atoms with E-state index in [1.807, 2.05) is 36.4 Å². The molecule has 66 valence electrons. The molecule has 2 rings (SSSR count). The molecule has 0 bridgehead atoms. The topological polar surface area (TPSA) is 39.2 Å². The molecular weight excluding hydrogens is 162 g/mol. The van der Waals surface area contributed by atoms with E-state index in [9.17, 15) is 0 Å². The highest BCUT2D eigenvalue weighted by atomic mass is 16.3. The van der Waals surface area contributed by atoms with Crippen molar-refractivity contribution in [3.05, 3.63) is 48.2 Å². The van der Waals surface area contributed by atoms with Gasteiger partial charge >= 0.3 is 0 Å². The first kappa shape index (κ1) is 8.08. The maximum atomic E-state index is 5.57. The summed E-state index contributed by atoms with van der Waals surface area (Å²) >= 11 is 0. The van der Waals surface area contributed by atoms with E-state index in [2.05, 4.69) is 0 Å². The van der Waals surface area contributed by atoms with Gasteiger partial charge in [-0.1, -0.05) is 30.3 Å². The third-order valence-electron chi connectivity index (χ3n) is 2.00. The van der Waals surface area contributed by atoms with Crippen LogP contribution in [0, 0.1) is 0 Å². The number of nitrogens with two attached hydrogens (primary N) is 1. The zero-order chi connectivity index (χ0) is 9.10. The van der Waals surface area contributed by atoms with Crippen molar-refractivity contribution in [2.75, 3.05) is 0 Å². The van der Waals surface area contributed by atoms with Gasteiger partial charge in [-0.05, 0) is 6.07 Å². The minimum Gasteiger partial charge on any atom is -0.464 e. The lowest BCUT2D eigenvalue weighted by molar-refractivity contribution is 0.579. The van der Waals surface area contributed by atoms with Gasteiger partial charge in [0.1, 0.15) is 5.76 Å². The van der Waals surface area contributed by atoms with Crippen molar-refractivity contribution in [1.82, 2.24) is 0 Å². The first-order valence-corrected chi connectivity index (χ1v) is 4.23. The molecule has 13 heavy (non-hydrogen) atoms. The molecule has 0 aliphatic rings. The maximum absolute atomic E-state index is 5.57. The number of furan rings is 1. The highest BCUT2D eigenvalue weighted by molar-refractivity contribution is 5.60. The number of hydrogen-bond donors (Lipinski definition) is 1. The number of hydrogen-bond acceptors (Lipinski definition) is 2. The van der Waals surface area contributed by atoms with Gasteiger partial charge in [0.25, 0.3) is 0 Å². The van der Waals surface area contributed by atoms with E-state index in [4.69, 9.17) is 10.2 Å². The lowest BCUT2D eigenvalue weighted by Gasteiger charge is -1.98. The monoisotopic (exact) mass is 173 g/mol. The average Bonchev–Trinajstić information content (AvgIpc) is 2.67. The fraction of sp³-hybridized carbons (Fsp3) is 0.0909. The molecule has 0 fully saturated rings. The molecule has 1 aromatic heterocycles. The lowest BCUT2D eigenvalue weighted by Crippen LogP contribution is -1.95. The molecular formula is C11H11NO. The highest BCUT2D eigenvalue weighted by Crippen LogP contribution is 2.23. The van der Waals surface area contributed by atoms with Gasteiger partial charge in [-0.15, -0.1) is 0 Å². The Kier molecular flexibility index (Phi) is 2.15. The predicted molar refractivity (Wildman–Crippen MR) is 52.0 cm³/mol. The van der Waals surface area contributed by atoms with Crippen molar-refractivity contribution in [3.63, 3.8) is 0 Å². The van der Waals surface area contributed by atoms with Crippen LogP contribution in [-0.2, 0) is 6.54 Å². The number of benzene rings is 1. The van der Waals surface area contributed by atoms with Crippen molar-refractivity contribution in [3.8, 4) is 11.3 Å². The molecule has 0 aliphatic carbocycles. The standard InChI is InChI=1S/C11H11NO/c12-8-10-6-7-13-11(10)9-4-2-1-3-5-9/h1-7H,8,12H2. The molecule has 0 atom stereocenters. The quantitative estimate of drug-likeness (QED) is 0.757. The van der Waals surface area contributed by atoms with Crippen LogP contribution in [0.3, 0.4) is 0 Å². The van der Waals surface area contributed by atoms with Crippen LogP contribution in [0.4, 0.5) is 0 Å². The first-order chi connectivity index (χ1) is 6.42. The molecule has 0 unspecified atom stereocenters. The third kappa shape index (κ3) is 1.48. The second-order valence-electron chi connectivity index (χ2n) is 2.85. The second kappa shape index (κ2) is 3.46. The van der Waals surface area contributed by atoms with E-state index in [0.29, 0.717) is 6.54 Å². The Morgan fingerprint density at radius 1 is 1.08 bits per heavy atom. The van der Waals surface area contributed by atoms with Crippen LogP contribution in [0.25, 0.3) is 11.3 Å². The molecule has 2 heteroatoms. The van der Waals surface area contributed by atoms with Crippen molar-refractivity contribution < 1.29 is 4.42 Å². The lowest BCUT2D eigenvalue weighted by atomic mass is 10.1. The summed E-state index contributed by atoms with van der Waals surface area (Å²) in [4.78, 5) is 0. The Balaban J connectivity index is 2.47. The van der Waals surface area contributed by atoms with E-state index >= 15 is 0 Å². The fourth-order valence-electron chi connectivity index (χ4n) is 1.34. The van der Waals surface area contributed by atoms with E-state index in [-0.39, 0.29) is 0 Å². The molecule has 0 spiro atoms. The number of rotatable bonds is 2. The summed E-state index contributed by atoms with van der Waals surface area (Å²) in [7, 11) is 0. The summed E-state index contributed by atoms with van der Waals surface area (Å²) in [5.74, 6) is 0.878. The smallest absolute Gasteiger partial charge is 0.138 e. The predicted octanol–water partition coefficient (Wildman–Crippen LogP) is 2.41. The van der Waals surface area contributed by atoms with Crippen molar-refractivity contribution in [2.45, 2.75) is 6.54 Å². The van der Waals surface area contributed by atoms with Crippen molar-refractivity contribution >= 4 is 0 Å². The zero-order valence-corrected chi connectivity index (χ0v) is 7.23. The molecule has 2 aromatic rings. The molecule has 1 heterocycles. The Morgan fingerprint density at radius 3 is 2.54 bits per heavy atom. The Morgan fingerprint density at radius 2 is 1.85 bits per heavy atom. The third-order valence-corrected chi connectivity index (χ3v) is 2.00. The van der Waals surface area contributed by atoms with Gasteiger partial charge < -0.3 is 10.2 Å². The zero-order valence-electron chi connectivity index (χ0n) is 7.23. The van der Waals surface area contributed by atoms with Gasteiger partial charge in [0.15, 0.2) is 0 Å². The Hall–Kier alpha value is -1.54. The van der Waals surface area contributed by atoms with Crippen LogP contribution in [0.2, 0.25) is 0 Å². The largest absolute Gasteiger partial charge is 0.464 e. The summed E-state index contributed by atoms with van der Waals surface area (Å²) in [5.41, 5.74) is 7.70. The minimum absolute atomic E-state index is 0.515. The molecule has 0 radical (unpaired) electrons. The van der Waals surface area contributed by atoms with Gasteiger partial charge in [-0.3, -0.25) is 0 Å². The van der Waals surface area contributed by atoms with Crippen LogP contribution in [0.15, 0.2) is 47.1 Å². The van der Waals surface area contributed by atoms with Gasteiger partial charge in [0.2, 0.25) is 0 Å². The summed E-state index contributed by atoms with van der Waals surface area (Å²) < 4.78 is 5.36. The van der Waals surface area contributed by atoms with Gasteiger partial charge in [0, 0.05) is 17.7 Å². The van der Waals surface area contributed by atoms with Crippen molar-refractivity contribution in [2.24, 2.45) is 5.73 Å². The van der Waals surface area contributed by atoms with Crippen LogP contribution in [0.5, 0.6) is 0 Å². The second-order valence-corrected chi connectivity index (χ2v) is 2.85. The molecule has 0 saturated carbocycles. The Bertz CT molecular complexity index is 378. The fourth-order valence-corrected chi connectivity index (χ4v) is 1.34. The molecule has 0 amide bonds. The minimum atomic E-state index is 0.515. The summed E-state index contributed by atoms with van der Waals surface area (Å²) in [6.45, 7) is 0.515. The van der Waals surface area contributed by atoms with Crippen LogP contribution < -0.4 is 5.73 Å². The van der Waals surface area contributed by atoms with E-state index in [1.54, 1.807) is 6.26 Å². The molecule has 0 aliphatic heterocycles. The van der Waals surface area contributed by atoms with E-state index in [0.717, 1.165) is 16.9 Å². The highest BCUT2D eigenvalue weighted by Gasteiger charge is 2.05. The molecule has 0 saturated heterocycles. The first-order valence-electron chi connectivity index (χ1n) is 4.23. The molecule has 2 nitrogen and oxygen atoms in total.